The number of hydrogen-bond acceptors (Lipinski definition) is 6. The number of carbonyl (C=O) groups excluding carboxylic acids is 1. The number of para-hydroxylation sites is 1. The monoisotopic (exact) mass is 489 g/mol. The van der Waals surface area contributed by atoms with Crippen LogP contribution in [-0.4, -0.2) is 66.2 Å². The normalized spacial score (nSPS) is 15.3. The third-order valence-corrected chi connectivity index (χ3v) is 7.70. The van der Waals surface area contributed by atoms with Gasteiger partial charge in [-0.1, -0.05) is 6.07 Å². The number of amides is 1. The van der Waals surface area contributed by atoms with E-state index < -0.39 is 49.8 Å². The maximum Gasteiger partial charge on any atom is 0.245 e. The van der Waals surface area contributed by atoms with Crippen LogP contribution in [0.1, 0.15) is 0 Å². The third kappa shape index (κ3) is 5.41. The smallest absolute Gasteiger partial charge is 0.245 e. The summed E-state index contributed by atoms with van der Waals surface area (Å²) in [6.45, 7) is 0.175. The van der Waals surface area contributed by atoms with Crippen LogP contribution in [0.5, 0.6) is 0 Å². The quantitative estimate of drug-likeness (QED) is 0.629. The number of morpholine rings is 1. The molecule has 9 nitrogen and oxygen atoms in total. The fraction of sp³-hybridized carbons (Fsp3) is 0.316. The molecule has 0 unspecified atom stereocenters. The highest BCUT2D eigenvalue weighted by molar-refractivity contribution is 7.92. The average molecular weight is 490 g/mol. The van der Waals surface area contributed by atoms with Gasteiger partial charge in [0.05, 0.1) is 30.1 Å². The van der Waals surface area contributed by atoms with E-state index in [0.717, 1.165) is 24.5 Å². The maximum absolute atomic E-state index is 13.8. The van der Waals surface area contributed by atoms with Crippen LogP contribution < -0.4 is 9.62 Å². The standard InChI is InChI=1S/C19H21F2N3O6S2/c1-31(26,27)24(13-18(25)22-19-16(20)3-2-4-17(19)21)14-5-7-15(8-6-14)32(28,29)23-9-11-30-12-10-23/h2-8H,9-13H2,1H3,(H,22,25). The van der Waals surface area contributed by atoms with E-state index in [9.17, 15) is 30.4 Å². The molecule has 0 radical (unpaired) electrons. The summed E-state index contributed by atoms with van der Waals surface area (Å²) in [5.74, 6) is -3.01. The Hall–Kier alpha value is -2.61. The van der Waals surface area contributed by atoms with Crippen molar-refractivity contribution >= 4 is 37.3 Å². The van der Waals surface area contributed by atoms with Crippen LogP contribution in [0.15, 0.2) is 47.4 Å². The molecule has 3 rings (SSSR count). The number of benzene rings is 2. The molecule has 1 amide bonds. The van der Waals surface area contributed by atoms with Crippen LogP contribution in [0.3, 0.4) is 0 Å². The van der Waals surface area contributed by atoms with Gasteiger partial charge in [-0.05, 0) is 36.4 Å². The summed E-state index contributed by atoms with van der Waals surface area (Å²) >= 11 is 0. The van der Waals surface area contributed by atoms with Gasteiger partial charge in [0.2, 0.25) is 26.0 Å². The van der Waals surface area contributed by atoms with Crippen molar-refractivity contribution in [2.75, 3.05) is 48.7 Å². The molecule has 32 heavy (non-hydrogen) atoms. The Morgan fingerprint density at radius 3 is 2.12 bits per heavy atom. The second-order valence-corrected chi connectivity index (χ2v) is 10.8. The Balaban J connectivity index is 1.81. The molecule has 1 fully saturated rings. The molecule has 0 aromatic heterocycles. The minimum absolute atomic E-state index is 0.0117. The van der Waals surface area contributed by atoms with Crippen LogP contribution in [0.2, 0.25) is 0 Å². The molecule has 174 valence electrons. The topological polar surface area (TPSA) is 113 Å². The van der Waals surface area contributed by atoms with E-state index in [0.29, 0.717) is 4.31 Å². The number of rotatable bonds is 7. The minimum Gasteiger partial charge on any atom is -0.379 e. The summed E-state index contributed by atoms with van der Waals surface area (Å²) in [5.41, 5.74) is -0.685. The number of halogens is 2. The fourth-order valence-electron chi connectivity index (χ4n) is 3.05. The van der Waals surface area contributed by atoms with E-state index in [1.165, 1.54) is 28.6 Å². The van der Waals surface area contributed by atoms with Crippen molar-refractivity contribution in [1.29, 1.82) is 0 Å². The van der Waals surface area contributed by atoms with Crippen molar-refractivity contribution in [3.8, 4) is 0 Å². The van der Waals surface area contributed by atoms with Crippen molar-refractivity contribution in [3.63, 3.8) is 0 Å². The second-order valence-electron chi connectivity index (χ2n) is 6.92. The van der Waals surface area contributed by atoms with Gasteiger partial charge in [0.25, 0.3) is 0 Å². The molecular weight excluding hydrogens is 468 g/mol. The first-order chi connectivity index (χ1) is 15.0. The first-order valence-electron chi connectivity index (χ1n) is 9.39. The van der Waals surface area contributed by atoms with Gasteiger partial charge in [0, 0.05) is 13.1 Å². The highest BCUT2D eigenvalue weighted by atomic mass is 32.2. The number of carbonyl (C=O) groups is 1. The summed E-state index contributed by atoms with van der Waals surface area (Å²) in [7, 11) is -7.78. The molecule has 1 heterocycles. The summed E-state index contributed by atoms with van der Waals surface area (Å²) < 4.78 is 84.5. The Morgan fingerprint density at radius 1 is 1.03 bits per heavy atom. The van der Waals surface area contributed by atoms with Crippen molar-refractivity contribution in [1.82, 2.24) is 4.31 Å². The van der Waals surface area contributed by atoms with Crippen LogP contribution in [0.25, 0.3) is 0 Å². The SMILES string of the molecule is CS(=O)(=O)N(CC(=O)Nc1c(F)cccc1F)c1ccc(S(=O)(=O)N2CCOCC2)cc1. The highest BCUT2D eigenvalue weighted by Crippen LogP contribution is 2.24. The lowest BCUT2D eigenvalue weighted by atomic mass is 10.3. The molecule has 0 bridgehead atoms. The highest BCUT2D eigenvalue weighted by Gasteiger charge is 2.27. The van der Waals surface area contributed by atoms with E-state index in [2.05, 4.69) is 0 Å². The average Bonchev–Trinajstić information content (AvgIpc) is 2.75. The van der Waals surface area contributed by atoms with E-state index >= 15 is 0 Å². The van der Waals surface area contributed by atoms with E-state index in [1.54, 1.807) is 0 Å². The predicted molar refractivity (Wildman–Crippen MR) is 113 cm³/mol. The Morgan fingerprint density at radius 2 is 1.59 bits per heavy atom. The summed E-state index contributed by atoms with van der Waals surface area (Å²) in [5, 5.41) is 2.02. The summed E-state index contributed by atoms with van der Waals surface area (Å²) in [6.07, 6.45) is 0.850. The lowest BCUT2D eigenvalue weighted by Crippen LogP contribution is -2.40. The molecule has 2 aromatic carbocycles. The third-order valence-electron chi connectivity index (χ3n) is 4.65. The summed E-state index contributed by atoms with van der Waals surface area (Å²) in [6, 6.07) is 7.95. The van der Waals surface area contributed by atoms with Crippen molar-refractivity contribution in [3.05, 3.63) is 54.1 Å². The van der Waals surface area contributed by atoms with Gasteiger partial charge in [0.1, 0.15) is 23.9 Å². The van der Waals surface area contributed by atoms with Gasteiger partial charge >= 0.3 is 0 Å². The lowest BCUT2D eigenvalue weighted by Gasteiger charge is -2.26. The Labute approximate surface area is 184 Å². The largest absolute Gasteiger partial charge is 0.379 e. The molecule has 1 N–H and O–H groups in total. The zero-order valence-electron chi connectivity index (χ0n) is 17.0. The molecule has 0 aliphatic carbocycles. The number of ether oxygens (including phenoxy) is 1. The van der Waals surface area contributed by atoms with Crippen molar-refractivity contribution < 1.29 is 35.1 Å². The zero-order chi connectivity index (χ0) is 23.5. The molecule has 1 aliphatic heterocycles. The number of anilines is 2. The van der Waals surface area contributed by atoms with Crippen LogP contribution in [0.4, 0.5) is 20.2 Å². The van der Waals surface area contributed by atoms with Gasteiger partial charge in [-0.3, -0.25) is 9.10 Å². The number of nitrogens with zero attached hydrogens (tertiary/aromatic N) is 2. The number of hydrogen-bond donors (Lipinski definition) is 1. The van der Waals surface area contributed by atoms with Gasteiger partial charge in [0.15, 0.2) is 0 Å². The number of sulfonamides is 2. The van der Waals surface area contributed by atoms with Crippen LogP contribution in [0, 0.1) is 11.6 Å². The molecule has 0 atom stereocenters. The predicted octanol–water partition coefficient (Wildman–Crippen LogP) is 1.39. The van der Waals surface area contributed by atoms with Crippen LogP contribution in [-0.2, 0) is 29.6 Å². The Bertz CT molecular complexity index is 1180. The van der Waals surface area contributed by atoms with E-state index in [-0.39, 0.29) is 36.9 Å². The van der Waals surface area contributed by atoms with E-state index in [4.69, 9.17) is 4.74 Å². The van der Waals surface area contributed by atoms with Gasteiger partial charge < -0.3 is 10.1 Å². The minimum atomic E-state index is -3.99. The van der Waals surface area contributed by atoms with Gasteiger partial charge in [-0.2, -0.15) is 4.31 Å². The Kier molecular flexibility index (Phi) is 7.12. The molecule has 0 spiro atoms. The molecule has 2 aromatic rings. The summed E-state index contributed by atoms with van der Waals surface area (Å²) in [4.78, 5) is 12.3. The molecular formula is C19H21F2N3O6S2. The van der Waals surface area contributed by atoms with E-state index in [1.807, 2.05) is 5.32 Å². The molecule has 0 saturated carbocycles. The maximum atomic E-state index is 13.8. The van der Waals surface area contributed by atoms with Gasteiger partial charge in [-0.15, -0.1) is 0 Å². The second kappa shape index (κ2) is 9.48. The fourth-order valence-corrected chi connectivity index (χ4v) is 5.31. The van der Waals surface area contributed by atoms with Crippen molar-refractivity contribution in [2.45, 2.75) is 4.90 Å². The number of nitrogens with one attached hydrogen (secondary N) is 1. The zero-order valence-corrected chi connectivity index (χ0v) is 18.6. The first kappa shape index (κ1) is 24.0. The first-order valence-corrected chi connectivity index (χ1v) is 12.7. The molecule has 1 saturated heterocycles. The lowest BCUT2D eigenvalue weighted by molar-refractivity contribution is -0.114. The molecule has 1 aliphatic rings. The van der Waals surface area contributed by atoms with Crippen molar-refractivity contribution in [2.24, 2.45) is 0 Å². The molecule has 13 heteroatoms. The van der Waals surface area contributed by atoms with Crippen LogP contribution >= 0.6 is 0 Å². The van der Waals surface area contributed by atoms with Gasteiger partial charge in [-0.25, -0.2) is 25.6 Å².